The SMILES string of the molecule is Nc1ccc(-c2ccc(N)c(-c3ccccc3)c2-c2ccccc2)cc1.c1ccc(N(c2ccccc2)c2ccccc2)cc1. The molecule has 7 rings (SSSR count). The Bertz CT molecular complexity index is 1830. The summed E-state index contributed by atoms with van der Waals surface area (Å²) >= 11 is 0. The van der Waals surface area contributed by atoms with Gasteiger partial charge in [0.15, 0.2) is 0 Å². The number of nitrogens with zero attached hydrogens (tertiary/aromatic N) is 1. The van der Waals surface area contributed by atoms with Crippen LogP contribution in [0.1, 0.15) is 0 Å². The summed E-state index contributed by atoms with van der Waals surface area (Å²) in [4.78, 5) is 2.25. The van der Waals surface area contributed by atoms with E-state index in [-0.39, 0.29) is 0 Å². The van der Waals surface area contributed by atoms with Crippen LogP contribution in [0.4, 0.5) is 28.4 Å². The number of nitrogen functional groups attached to an aromatic ring is 2. The lowest BCUT2D eigenvalue weighted by Gasteiger charge is -2.25. The molecule has 0 fully saturated rings. The van der Waals surface area contributed by atoms with Gasteiger partial charge in [0, 0.05) is 34.0 Å². The maximum atomic E-state index is 6.44. The first-order chi connectivity index (χ1) is 22.2. The van der Waals surface area contributed by atoms with Crippen LogP contribution >= 0.6 is 0 Å². The van der Waals surface area contributed by atoms with E-state index in [1.54, 1.807) is 0 Å². The van der Waals surface area contributed by atoms with Crippen molar-refractivity contribution < 1.29 is 0 Å². The van der Waals surface area contributed by atoms with E-state index in [0.29, 0.717) is 0 Å². The molecular weight excluding hydrogens is 546 g/mol. The highest BCUT2D eigenvalue weighted by atomic mass is 15.1. The van der Waals surface area contributed by atoms with Gasteiger partial charge in [-0.2, -0.15) is 0 Å². The molecule has 0 saturated heterocycles. The molecule has 0 spiro atoms. The van der Waals surface area contributed by atoms with Crippen molar-refractivity contribution in [3.05, 3.63) is 188 Å². The van der Waals surface area contributed by atoms with E-state index in [1.807, 2.05) is 60.7 Å². The Balaban J connectivity index is 0.000000167. The molecule has 0 amide bonds. The molecule has 0 aliphatic carbocycles. The summed E-state index contributed by atoms with van der Waals surface area (Å²) in [6, 6.07) is 64.0. The predicted molar refractivity (Wildman–Crippen MR) is 193 cm³/mol. The van der Waals surface area contributed by atoms with Crippen molar-refractivity contribution in [1.82, 2.24) is 0 Å². The first kappa shape index (κ1) is 29.0. The molecule has 0 atom stereocenters. The summed E-state index contributed by atoms with van der Waals surface area (Å²) in [6.07, 6.45) is 0. The minimum Gasteiger partial charge on any atom is -0.399 e. The third-order valence-electron chi connectivity index (χ3n) is 7.63. The van der Waals surface area contributed by atoms with Gasteiger partial charge in [-0.15, -0.1) is 0 Å². The van der Waals surface area contributed by atoms with Gasteiger partial charge in [0.25, 0.3) is 0 Å². The van der Waals surface area contributed by atoms with Gasteiger partial charge in [-0.25, -0.2) is 0 Å². The molecule has 218 valence electrons. The van der Waals surface area contributed by atoms with E-state index in [1.165, 1.54) is 17.1 Å². The van der Waals surface area contributed by atoms with Crippen LogP contribution in [0.5, 0.6) is 0 Å². The molecule has 0 unspecified atom stereocenters. The summed E-state index contributed by atoms with van der Waals surface area (Å²) in [5.74, 6) is 0. The summed E-state index contributed by atoms with van der Waals surface area (Å²) < 4.78 is 0. The van der Waals surface area contributed by atoms with E-state index in [2.05, 4.69) is 132 Å². The molecule has 0 saturated carbocycles. The van der Waals surface area contributed by atoms with Crippen molar-refractivity contribution in [2.45, 2.75) is 0 Å². The predicted octanol–water partition coefficient (Wildman–Crippen LogP) is 11.0. The van der Waals surface area contributed by atoms with Crippen molar-refractivity contribution in [2.75, 3.05) is 16.4 Å². The van der Waals surface area contributed by atoms with Gasteiger partial charge >= 0.3 is 0 Å². The van der Waals surface area contributed by atoms with Crippen LogP contribution in [0, 0.1) is 0 Å². The van der Waals surface area contributed by atoms with Gasteiger partial charge in [0.2, 0.25) is 0 Å². The molecule has 0 aliphatic rings. The van der Waals surface area contributed by atoms with Crippen LogP contribution in [0.25, 0.3) is 33.4 Å². The Kier molecular flexibility index (Phi) is 8.99. The second-order valence-electron chi connectivity index (χ2n) is 10.6. The van der Waals surface area contributed by atoms with Crippen LogP contribution in [0.15, 0.2) is 188 Å². The summed E-state index contributed by atoms with van der Waals surface area (Å²) in [6.45, 7) is 0. The molecule has 45 heavy (non-hydrogen) atoms. The highest BCUT2D eigenvalue weighted by Crippen LogP contribution is 2.43. The zero-order valence-electron chi connectivity index (χ0n) is 25.0. The summed E-state index contributed by atoms with van der Waals surface area (Å²) in [7, 11) is 0. The van der Waals surface area contributed by atoms with E-state index < -0.39 is 0 Å². The van der Waals surface area contributed by atoms with Gasteiger partial charge in [-0.3, -0.25) is 0 Å². The molecule has 0 radical (unpaired) electrons. The molecule has 7 aromatic rings. The van der Waals surface area contributed by atoms with Crippen molar-refractivity contribution in [1.29, 1.82) is 0 Å². The van der Waals surface area contributed by atoms with E-state index >= 15 is 0 Å². The van der Waals surface area contributed by atoms with E-state index in [4.69, 9.17) is 11.5 Å². The minimum atomic E-state index is 0.758. The normalized spacial score (nSPS) is 10.4. The van der Waals surface area contributed by atoms with Gasteiger partial charge in [0.1, 0.15) is 0 Å². The average molecular weight is 582 g/mol. The zero-order chi connectivity index (χ0) is 30.8. The maximum Gasteiger partial charge on any atom is 0.0461 e. The molecule has 0 aromatic heterocycles. The van der Waals surface area contributed by atoms with Crippen molar-refractivity contribution >= 4 is 28.4 Å². The number of anilines is 5. The first-order valence-corrected chi connectivity index (χ1v) is 15.0. The lowest BCUT2D eigenvalue weighted by molar-refractivity contribution is 1.28. The molecular formula is C42H35N3. The van der Waals surface area contributed by atoms with Gasteiger partial charge in [-0.05, 0) is 82.4 Å². The average Bonchev–Trinajstić information content (AvgIpc) is 3.11. The number of para-hydroxylation sites is 3. The van der Waals surface area contributed by atoms with Crippen LogP contribution in [0.3, 0.4) is 0 Å². The van der Waals surface area contributed by atoms with Crippen molar-refractivity contribution in [3.63, 3.8) is 0 Å². The van der Waals surface area contributed by atoms with Crippen LogP contribution in [-0.2, 0) is 0 Å². The second kappa shape index (κ2) is 13.9. The first-order valence-electron chi connectivity index (χ1n) is 15.0. The molecule has 0 bridgehead atoms. The maximum absolute atomic E-state index is 6.44. The van der Waals surface area contributed by atoms with Crippen LogP contribution < -0.4 is 16.4 Å². The minimum absolute atomic E-state index is 0.758. The number of hydrogen-bond donors (Lipinski definition) is 2. The monoisotopic (exact) mass is 581 g/mol. The van der Waals surface area contributed by atoms with E-state index in [9.17, 15) is 0 Å². The van der Waals surface area contributed by atoms with Crippen LogP contribution in [0.2, 0.25) is 0 Å². The Morgan fingerprint density at radius 1 is 0.311 bits per heavy atom. The smallest absolute Gasteiger partial charge is 0.0461 e. The van der Waals surface area contributed by atoms with E-state index in [0.717, 1.165) is 44.8 Å². The quantitative estimate of drug-likeness (QED) is 0.192. The fourth-order valence-corrected chi connectivity index (χ4v) is 5.52. The Labute approximate surface area is 265 Å². The third-order valence-corrected chi connectivity index (χ3v) is 7.63. The Hall–Kier alpha value is -6.06. The third kappa shape index (κ3) is 6.79. The van der Waals surface area contributed by atoms with Gasteiger partial charge in [0.05, 0.1) is 0 Å². The number of hydrogen-bond acceptors (Lipinski definition) is 3. The van der Waals surface area contributed by atoms with Crippen molar-refractivity contribution in [2.24, 2.45) is 0 Å². The number of benzene rings is 7. The molecule has 3 heteroatoms. The topological polar surface area (TPSA) is 55.3 Å². The Morgan fingerprint density at radius 2 is 0.689 bits per heavy atom. The highest BCUT2D eigenvalue weighted by Gasteiger charge is 2.17. The fraction of sp³-hybridized carbons (Fsp3) is 0. The zero-order valence-corrected chi connectivity index (χ0v) is 25.0. The highest BCUT2D eigenvalue weighted by molar-refractivity contribution is 5.99. The second-order valence-corrected chi connectivity index (χ2v) is 10.6. The van der Waals surface area contributed by atoms with Crippen LogP contribution in [-0.4, -0.2) is 0 Å². The van der Waals surface area contributed by atoms with Crippen molar-refractivity contribution in [3.8, 4) is 33.4 Å². The molecule has 7 aromatic carbocycles. The standard InChI is InChI=1S/C24H20N2.C18H15N/c25-20-13-11-17(12-14-20)21-15-16-22(26)24(19-9-5-2-6-10-19)23(21)18-7-3-1-4-8-18;1-4-10-16(11-5-1)19(17-12-6-2-7-13-17)18-14-8-3-9-15-18/h1-16H,25-26H2;1-15H. The number of rotatable bonds is 6. The summed E-state index contributed by atoms with van der Waals surface area (Å²) in [5.41, 5.74) is 24.1. The lowest BCUT2D eigenvalue weighted by Crippen LogP contribution is -2.09. The van der Waals surface area contributed by atoms with Gasteiger partial charge < -0.3 is 16.4 Å². The number of nitrogens with two attached hydrogens (primary N) is 2. The largest absolute Gasteiger partial charge is 0.399 e. The van der Waals surface area contributed by atoms with Gasteiger partial charge in [-0.1, -0.05) is 133 Å². The summed E-state index contributed by atoms with van der Waals surface area (Å²) in [5, 5.41) is 0. The molecule has 0 heterocycles. The lowest BCUT2D eigenvalue weighted by atomic mass is 9.86. The Morgan fingerprint density at radius 3 is 1.11 bits per heavy atom. The molecule has 4 N–H and O–H groups in total. The molecule has 0 aliphatic heterocycles. The fourth-order valence-electron chi connectivity index (χ4n) is 5.52. The molecule has 3 nitrogen and oxygen atoms in total.